The van der Waals surface area contributed by atoms with E-state index < -0.39 is 27.8 Å². The maximum atomic E-state index is 12.2. The lowest BCUT2D eigenvalue weighted by molar-refractivity contribution is -0.385. The minimum atomic E-state index is -1.23. The number of benzene rings is 2. The summed E-state index contributed by atoms with van der Waals surface area (Å²) in [5.74, 6) is -1.60. The van der Waals surface area contributed by atoms with Gasteiger partial charge < -0.3 is 10.1 Å². The summed E-state index contributed by atoms with van der Waals surface area (Å²) in [5, 5.41) is 24.0. The van der Waals surface area contributed by atoms with Crippen LogP contribution in [0.2, 0.25) is 5.02 Å². The molecule has 0 bridgehead atoms. The Morgan fingerprint density at radius 2 is 1.76 bits per heavy atom. The second-order valence-corrected chi connectivity index (χ2v) is 6.08. The summed E-state index contributed by atoms with van der Waals surface area (Å²) in [5.41, 5.74) is -0.00568. The van der Waals surface area contributed by atoms with Gasteiger partial charge in [0.25, 0.3) is 17.3 Å². The van der Waals surface area contributed by atoms with Gasteiger partial charge in [0.15, 0.2) is 6.10 Å². The van der Waals surface area contributed by atoms with Gasteiger partial charge in [-0.25, -0.2) is 4.79 Å². The monoisotopic (exact) mass is 419 g/mol. The zero-order valence-electron chi connectivity index (χ0n) is 14.9. The second-order valence-electron chi connectivity index (χ2n) is 5.68. The van der Waals surface area contributed by atoms with Crippen LogP contribution in [0.25, 0.3) is 6.08 Å². The minimum absolute atomic E-state index is 0.000836. The molecule has 0 aromatic heterocycles. The van der Waals surface area contributed by atoms with Crippen molar-refractivity contribution in [1.82, 2.24) is 0 Å². The Morgan fingerprint density at radius 1 is 1.10 bits per heavy atom. The molecule has 0 aliphatic heterocycles. The van der Waals surface area contributed by atoms with Crippen LogP contribution in [-0.2, 0) is 14.3 Å². The number of rotatable bonds is 7. The molecule has 0 saturated carbocycles. The fourth-order valence-corrected chi connectivity index (χ4v) is 2.30. The second kappa shape index (κ2) is 9.42. The molecule has 150 valence electrons. The number of hydrogen-bond donors (Lipinski definition) is 1. The quantitative estimate of drug-likeness (QED) is 0.311. The third-order valence-electron chi connectivity index (χ3n) is 3.57. The number of esters is 1. The summed E-state index contributed by atoms with van der Waals surface area (Å²) in [6.45, 7) is 1.31. The average molecular weight is 420 g/mol. The summed E-state index contributed by atoms with van der Waals surface area (Å²) in [4.78, 5) is 44.4. The van der Waals surface area contributed by atoms with Gasteiger partial charge in [-0.3, -0.25) is 25.0 Å². The van der Waals surface area contributed by atoms with Crippen LogP contribution in [0.5, 0.6) is 0 Å². The van der Waals surface area contributed by atoms with E-state index in [4.69, 9.17) is 16.3 Å². The molecule has 0 saturated heterocycles. The number of ether oxygens (including phenoxy) is 1. The van der Waals surface area contributed by atoms with Crippen molar-refractivity contribution in [2.45, 2.75) is 13.0 Å². The Morgan fingerprint density at radius 3 is 2.41 bits per heavy atom. The number of non-ortho nitro benzene ring substituents is 2. The zero-order valence-corrected chi connectivity index (χ0v) is 15.7. The maximum absolute atomic E-state index is 12.2. The van der Waals surface area contributed by atoms with Crippen LogP contribution in [0, 0.1) is 20.2 Å². The SMILES string of the molecule is CC(OC(=O)/C=C/c1cccc([N+](=O)[O-])c1)C(=O)Nc1cc([N+](=O)[O-])ccc1Cl. The molecule has 0 aliphatic carbocycles. The van der Waals surface area contributed by atoms with E-state index in [1.165, 1.54) is 43.3 Å². The van der Waals surface area contributed by atoms with Gasteiger partial charge in [0.1, 0.15) is 0 Å². The van der Waals surface area contributed by atoms with Crippen LogP contribution in [0.15, 0.2) is 48.5 Å². The van der Waals surface area contributed by atoms with Crippen LogP contribution in [0.1, 0.15) is 12.5 Å². The summed E-state index contributed by atoms with van der Waals surface area (Å²) in [6.07, 6.45) is 1.09. The smallest absolute Gasteiger partial charge is 0.331 e. The van der Waals surface area contributed by atoms with E-state index in [2.05, 4.69) is 5.32 Å². The molecule has 11 heteroatoms. The Kier molecular flexibility index (Phi) is 6.99. The Hall–Kier alpha value is -3.79. The van der Waals surface area contributed by atoms with E-state index in [0.717, 1.165) is 12.1 Å². The largest absolute Gasteiger partial charge is 0.449 e. The third kappa shape index (κ3) is 6.11. The van der Waals surface area contributed by atoms with Gasteiger partial charge in [0.2, 0.25) is 0 Å². The third-order valence-corrected chi connectivity index (χ3v) is 3.90. The number of nitro benzene ring substituents is 2. The van der Waals surface area contributed by atoms with E-state index in [1.807, 2.05) is 0 Å². The number of hydrogen-bond acceptors (Lipinski definition) is 7. The van der Waals surface area contributed by atoms with E-state index in [1.54, 1.807) is 6.07 Å². The van der Waals surface area contributed by atoms with Gasteiger partial charge in [-0.15, -0.1) is 0 Å². The molecule has 0 fully saturated rings. The highest BCUT2D eigenvalue weighted by atomic mass is 35.5. The van der Waals surface area contributed by atoms with Crippen LogP contribution in [0.4, 0.5) is 17.1 Å². The highest BCUT2D eigenvalue weighted by molar-refractivity contribution is 6.33. The van der Waals surface area contributed by atoms with Gasteiger partial charge in [0, 0.05) is 30.3 Å². The lowest BCUT2D eigenvalue weighted by Gasteiger charge is -2.13. The van der Waals surface area contributed by atoms with E-state index in [-0.39, 0.29) is 22.1 Å². The summed E-state index contributed by atoms with van der Waals surface area (Å²) >= 11 is 5.90. The topological polar surface area (TPSA) is 142 Å². The van der Waals surface area contributed by atoms with E-state index in [0.29, 0.717) is 5.56 Å². The normalized spacial score (nSPS) is 11.7. The fourth-order valence-electron chi connectivity index (χ4n) is 2.13. The molecule has 1 atom stereocenters. The van der Waals surface area contributed by atoms with Crippen molar-refractivity contribution >= 4 is 46.6 Å². The molecular formula is C18H14ClN3O7. The first kappa shape index (κ1) is 21.5. The molecule has 0 heterocycles. The first-order valence-corrected chi connectivity index (χ1v) is 8.43. The van der Waals surface area contributed by atoms with E-state index >= 15 is 0 Å². The number of nitrogens with one attached hydrogen (secondary N) is 1. The van der Waals surface area contributed by atoms with Crippen molar-refractivity contribution < 1.29 is 24.2 Å². The van der Waals surface area contributed by atoms with Gasteiger partial charge in [-0.1, -0.05) is 23.7 Å². The predicted molar refractivity (Wildman–Crippen MR) is 104 cm³/mol. The van der Waals surface area contributed by atoms with Crippen molar-refractivity contribution in [3.8, 4) is 0 Å². The lowest BCUT2D eigenvalue weighted by atomic mass is 10.2. The molecule has 0 aliphatic rings. The summed E-state index contributed by atoms with van der Waals surface area (Å²) in [6, 6.07) is 9.11. The molecule has 2 rings (SSSR count). The van der Waals surface area contributed by atoms with Crippen molar-refractivity contribution in [1.29, 1.82) is 0 Å². The average Bonchev–Trinajstić information content (AvgIpc) is 2.68. The van der Waals surface area contributed by atoms with Gasteiger partial charge >= 0.3 is 5.97 Å². The Balaban J connectivity index is 1.99. The van der Waals surface area contributed by atoms with E-state index in [9.17, 15) is 29.8 Å². The van der Waals surface area contributed by atoms with Crippen molar-refractivity contribution in [3.63, 3.8) is 0 Å². The molecule has 29 heavy (non-hydrogen) atoms. The van der Waals surface area contributed by atoms with Crippen molar-refractivity contribution in [2.24, 2.45) is 0 Å². The van der Waals surface area contributed by atoms with Gasteiger partial charge in [-0.05, 0) is 24.6 Å². The van der Waals surface area contributed by atoms with Crippen LogP contribution >= 0.6 is 11.6 Å². The number of carbonyl (C=O) groups excluding carboxylic acids is 2. The molecule has 1 N–H and O–H groups in total. The predicted octanol–water partition coefficient (Wildman–Crippen LogP) is 3.74. The molecular weight excluding hydrogens is 406 g/mol. The molecule has 1 unspecified atom stereocenters. The lowest BCUT2D eigenvalue weighted by Crippen LogP contribution is -2.29. The minimum Gasteiger partial charge on any atom is -0.449 e. The molecule has 1 amide bonds. The summed E-state index contributed by atoms with van der Waals surface area (Å²) < 4.78 is 4.95. The van der Waals surface area contributed by atoms with Gasteiger partial charge in [-0.2, -0.15) is 0 Å². The molecule has 2 aromatic carbocycles. The highest BCUT2D eigenvalue weighted by Gasteiger charge is 2.19. The first-order chi connectivity index (χ1) is 13.7. The molecule has 10 nitrogen and oxygen atoms in total. The maximum Gasteiger partial charge on any atom is 0.331 e. The fraction of sp³-hybridized carbons (Fsp3) is 0.111. The number of anilines is 1. The number of nitrogens with zero attached hydrogens (tertiary/aromatic N) is 2. The van der Waals surface area contributed by atoms with Gasteiger partial charge in [0.05, 0.1) is 20.6 Å². The van der Waals surface area contributed by atoms with Crippen molar-refractivity contribution in [3.05, 3.63) is 79.4 Å². The first-order valence-electron chi connectivity index (χ1n) is 8.05. The molecule has 2 aromatic rings. The number of amides is 1. The Labute approximate surface area is 169 Å². The van der Waals surface area contributed by atoms with Crippen LogP contribution < -0.4 is 5.32 Å². The van der Waals surface area contributed by atoms with Crippen LogP contribution in [0.3, 0.4) is 0 Å². The van der Waals surface area contributed by atoms with Crippen molar-refractivity contribution in [2.75, 3.05) is 5.32 Å². The zero-order chi connectivity index (χ0) is 21.6. The standard InChI is InChI=1S/C18H14ClN3O7/c1-11(18(24)20-16-10-14(22(27)28)6-7-15(16)19)29-17(23)8-5-12-3-2-4-13(9-12)21(25)26/h2-11H,1H3,(H,20,24)/b8-5+. The number of nitro groups is 2. The highest BCUT2D eigenvalue weighted by Crippen LogP contribution is 2.26. The number of carbonyl (C=O) groups is 2. The number of halogens is 1. The Bertz CT molecular complexity index is 1010. The van der Waals surface area contributed by atoms with Crippen LogP contribution in [-0.4, -0.2) is 27.8 Å². The summed E-state index contributed by atoms with van der Waals surface area (Å²) in [7, 11) is 0. The molecule has 0 radical (unpaired) electrons. The molecule has 0 spiro atoms.